The Labute approximate surface area is 179 Å². The normalized spacial score (nSPS) is 31.1. The van der Waals surface area contributed by atoms with Crippen molar-refractivity contribution < 1.29 is 9.47 Å². The third kappa shape index (κ3) is 2.34. The summed E-state index contributed by atoms with van der Waals surface area (Å²) in [5.41, 5.74) is -2.34. The van der Waals surface area contributed by atoms with Crippen molar-refractivity contribution in [3.05, 3.63) is 70.7 Å². The molecule has 2 aliphatic rings. The maximum Gasteiger partial charge on any atom is 0.243 e. The lowest BCUT2D eigenvalue weighted by Crippen LogP contribution is -2.61. The van der Waals surface area contributed by atoms with Crippen LogP contribution >= 0.6 is 11.6 Å². The molecule has 148 valence electrons. The molecule has 2 aromatic rings. The highest BCUT2D eigenvalue weighted by Gasteiger charge is 2.79. The molecule has 4 rings (SSSR count). The summed E-state index contributed by atoms with van der Waals surface area (Å²) in [5.74, 6) is -2.74. The fourth-order valence-electron chi connectivity index (χ4n) is 4.69. The van der Waals surface area contributed by atoms with E-state index < -0.39 is 34.5 Å². The molecule has 0 saturated carbocycles. The number of fused-ring (bicyclic) bond motifs is 2. The summed E-state index contributed by atoms with van der Waals surface area (Å²) >= 11 is 6.19. The summed E-state index contributed by atoms with van der Waals surface area (Å²) < 4.78 is 12.3. The van der Waals surface area contributed by atoms with Crippen LogP contribution in [0.1, 0.15) is 18.1 Å². The van der Waals surface area contributed by atoms with Gasteiger partial charge in [-0.05, 0) is 17.7 Å². The molecule has 4 atom stereocenters. The first-order chi connectivity index (χ1) is 14.4. The molecule has 0 spiro atoms. The van der Waals surface area contributed by atoms with Crippen LogP contribution in [0.15, 0.2) is 54.6 Å². The smallest absolute Gasteiger partial charge is 0.243 e. The highest BCUT2D eigenvalue weighted by Crippen LogP contribution is 2.65. The highest BCUT2D eigenvalue weighted by atomic mass is 35.5. The number of benzene rings is 2. The summed E-state index contributed by atoms with van der Waals surface area (Å²) in [5, 5.41) is 39.6. The van der Waals surface area contributed by atoms with Gasteiger partial charge < -0.3 is 9.47 Å². The molecule has 6 nitrogen and oxygen atoms in total. The van der Waals surface area contributed by atoms with Gasteiger partial charge in [0.25, 0.3) is 0 Å². The summed E-state index contributed by atoms with van der Waals surface area (Å²) in [7, 11) is 0. The van der Waals surface area contributed by atoms with Crippen molar-refractivity contribution >= 4 is 17.5 Å². The Morgan fingerprint density at radius 3 is 2.33 bits per heavy atom. The van der Waals surface area contributed by atoms with Crippen LogP contribution in [0.2, 0.25) is 5.02 Å². The van der Waals surface area contributed by atoms with Gasteiger partial charge in [-0.3, -0.25) is 5.41 Å². The Balaban J connectivity index is 1.96. The van der Waals surface area contributed by atoms with Crippen molar-refractivity contribution in [3.8, 4) is 18.2 Å². The molecule has 2 fully saturated rings. The van der Waals surface area contributed by atoms with E-state index >= 15 is 0 Å². The molecule has 2 aromatic carbocycles. The monoisotopic (exact) mass is 416 g/mol. The van der Waals surface area contributed by atoms with Crippen LogP contribution in [0, 0.1) is 56.2 Å². The minimum atomic E-state index is -1.92. The average molecular weight is 417 g/mol. The van der Waals surface area contributed by atoms with Crippen LogP contribution in [-0.4, -0.2) is 12.0 Å². The van der Waals surface area contributed by atoms with Crippen molar-refractivity contribution in [2.75, 3.05) is 0 Å². The summed E-state index contributed by atoms with van der Waals surface area (Å²) in [6.45, 7) is 1.67. The summed E-state index contributed by atoms with van der Waals surface area (Å²) in [6, 6.07) is 22.3. The van der Waals surface area contributed by atoms with Gasteiger partial charge in [0.1, 0.15) is 6.10 Å². The predicted molar refractivity (Wildman–Crippen MR) is 108 cm³/mol. The zero-order chi connectivity index (χ0) is 21.6. The van der Waals surface area contributed by atoms with Gasteiger partial charge in [0.2, 0.25) is 11.7 Å². The first-order valence-electron chi connectivity index (χ1n) is 9.40. The summed E-state index contributed by atoms with van der Waals surface area (Å²) in [4.78, 5) is 0. The van der Waals surface area contributed by atoms with Gasteiger partial charge in [-0.25, -0.2) is 0 Å². The number of nitrogens with zero attached hydrogens (tertiary/aromatic N) is 3. The van der Waals surface area contributed by atoms with Gasteiger partial charge in [-0.15, -0.1) is 0 Å². The molecule has 0 radical (unpaired) electrons. The van der Waals surface area contributed by atoms with Crippen LogP contribution in [0.4, 0.5) is 0 Å². The first-order valence-corrected chi connectivity index (χ1v) is 9.77. The number of halogens is 1. The second-order valence-corrected chi connectivity index (χ2v) is 8.01. The van der Waals surface area contributed by atoms with E-state index in [-0.39, 0.29) is 6.42 Å². The van der Waals surface area contributed by atoms with Gasteiger partial charge in [0, 0.05) is 17.0 Å². The van der Waals surface area contributed by atoms with Crippen molar-refractivity contribution in [3.63, 3.8) is 0 Å². The van der Waals surface area contributed by atoms with E-state index in [0.29, 0.717) is 10.6 Å². The lowest BCUT2D eigenvalue weighted by molar-refractivity contribution is -0.284. The fourth-order valence-corrected chi connectivity index (χ4v) is 4.88. The van der Waals surface area contributed by atoms with Gasteiger partial charge in [-0.1, -0.05) is 61.0 Å². The van der Waals surface area contributed by atoms with E-state index in [0.717, 1.165) is 5.56 Å². The second kappa shape index (κ2) is 6.85. The topological polar surface area (TPSA) is 114 Å². The van der Waals surface area contributed by atoms with Crippen molar-refractivity contribution in [2.45, 2.75) is 25.2 Å². The molecular weight excluding hydrogens is 400 g/mol. The number of nitriles is 3. The van der Waals surface area contributed by atoms with Gasteiger partial charge in [-0.2, -0.15) is 15.8 Å². The van der Waals surface area contributed by atoms with E-state index in [2.05, 4.69) is 6.07 Å². The molecule has 1 N–H and O–H groups in total. The number of ether oxygens (including phenoxy) is 2. The van der Waals surface area contributed by atoms with Crippen molar-refractivity contribution in [1.29, 1.82) is 21.2 Å². The number of nitrogens with one attached hydrogen (secondary N) is 1. The Kier molecular flexibility index (Phi) is 4.55. The maximum atomic E-state index is 10.3. The lowest BCUT2D eigenvalue weighted by Gasteiger charge is -2.48. The Hall–Kier alpha value is -3.37. The predicted octanol–water partition coefficient (Wildman–Crippen LogP) is 4.32. The fraction of sp³-hybridized carbons (Fsp3) is 0.304. The quantitative estimate of drug-likeness (QED) is 0.800. The van der Waals surface area contributed by atoms with Crippen LogP contribution in [0.3, 0.4) is 0 Å². The molecule has 2 heterocycles. The van der Waals surface area contributed by atoms with E-state index in [9.17, 15) is 15.8 Å². The van der Waals surface area contributed by atoms with Gasteiger partial charge in [0.15, 0.2) is 10.8 Å². The maximum absolute atomic E-state index is 10.3. The standard InChI is InChI=1S/C23H17ClN4O2/c1-15-22(14-27)20(28)30-23(15,17-8-5-9-18(24)11-17)29-19(21(22,12-25)13-26)10-16-6-3-2-4-7-16/h2-9,11,15,19,28H,10H2,1H3. The number of hydrogen-bond acceptors (Lipinski definition) is 6. The Morgan fingerprint density at radius 1 is 1.03 bits per heavy atom. The largest absolute Gasteiger partial charge is 0.443 e. The number of rotatable bonds is 3. The summed E-state index contributed by atoms with van der Waals surface area (Å²) in [6.07, 6.45) is -0.801. The van der Waals surface area contributed by atoms with E-state index in [1.54, 1.807) is 31.2 Å². The molecule has 2 aliphatic heterocycles. The molecule has 0 aliphatic carbocycles. The zero-order valence-corrected chi connectivity index (χ0v) is 16.8. The SMILES string of the molecule is CC1C2(c3cccc(Cl)c3)OC(=N)C1(C#N)C(C#N)(C#N)C(Cc1ccccc1)O2. The molecular formula is C23H17ClN4O2. The zero-order valence-electron chi connectivity index (χ0n) is 16.1. The third-order valence-electron chi connectivity index (χ3n) is 6.27. The molecule has 0 aromatic heterocycles. The molecule has 2 saturated heterocycles. The van der Waals surface area contributed by atoms with Crippen LogP contribution in [0.25, 0.3) is 0 Å². The Bertz CT molecular complexity index is 1130. The molecule has 0 amide bonds. The lowest BCUT2D eigenvalue weighted by atomic mass is 9.53. The minimum absolute atomic E-state index is 0.205. The molecule has 2 bridgehead atoms. The highest BCUT2D eigenvalue weighted by molar-refractivity contribution is 6.30. The first kappa shape index (κ1) is 19.9. The van der Waals surface area contributed by atoms with Crippen molar-refractivity contribution in [2.24, 2.45) is 16.7 Å². The van der Waals surface area contributed by atoms with E-state index in [4.69, 9.17) is 26.5 Å². The average Bonchev–Trinajstić information content (AvgIpc) is 2.92. The van der Waals surface area contributed by atoms with Crippen LogP contribution in [-0.2, 0) is 21.7 Å². The molecule has 7 heteroatoms. The van der Waals surface area contributed by atoms with E-state index in [1.165, 1.54) is 0 Å². The van der Waals surface area contributed by atoms with Gasteiger partial charge in [0.05, 0.1) is 24.1 Å². The van der Waals surface area contributed by atoms with Gasteiger partial charge >= 0.3 is 0 Å². The van der Waals surface area contributed by atoms with Crippen LogP contribution < -0.4 is 0 Å². The molecule has 4 unspecified atom stereocenters. The minimum Gasteiger partial charge on any atom is -0.443 e. The molecule has 30 heavy (non-hydrogen) atoms. The van der Waals surface area contributed by atoms with Crippen molar-refractivity contribution in [1.82, 2.24) is 0 Å². The van der Waals surface area contributed by atoms with E-state index in [1.807, 2.05) is 42.5 Å². The third-order valence-corrected chi connectivity index (χ3v) is 6.51. The Morgan fingerprint density at radius 2 is 1.73 bits per heavy atom. The van der Waals surface area contributed by atoms with Crippen LogP contribution in [0.5, 0.6) is 0 Å². The number of hydrogen-bond donors (Lipinski definition) is 1. The second-order valence-electron chi connectivity index (χ2n) is 7.58.